The highest BCUT2D eigenvalue weighted by atomic mass is 32.2. The molecule has 0 radical (unpaired) electrons. The Hall–Kier alpha value is -0.170. The number of methoxy groups -OCH3 is 2. The predicted molar refractivity (Wildman–Crippen MR) is 59.4 cm³/mol. The molecule has 0 heterocycles. The average Bonchev–Trinajstić information content (AvgIpc) is 2.14. The lowest BCUT2D eigenvalue weighted by molar-refractivity contribution is 0.176. The van der Waals surface area contributed by atoms with Crippen LogP contribution >= 0.6 is 0 Å². The molecular formula is C9H21NO4S. The molecule has 0 fully saturated rings. The Morgan fingerprint density at radius 1 is 1.00 bits per heavy atom. The van der Waals surface area contributed by atoms with Crippen molar-refractivity contribution >= 4 is 10.0 Å². The van der Waals surface area contributed by atoms with Crippen molar-refractivity contribution in [2.24, 2.45) is 0 Å². The second-order valence-corrected chi connectivity index (χ2v) is 5.34. The van der Waals surface area contributed by atoms with Crippen molar-refractivity contribution < 1.29 is 17.9 Å². The third kappa shape index (κ3) is 7.72. The lowest BCUT2D eigenvalue weighted by atomic mass is 10.4. The second-order valence-electron chi connectivity index (χ2n) is 3.35. The van der Waals surface area contributed by atoms with Gasteiger partial charge in [0.15, 0.2) is 0 Å². The van der Waals surface area contributed by atoms with E-state index in [4.69, 9.17) is 9.47 Å². The molecule has 0 atom stereocenters. The van der Waals surface area contributed by atoms with E-state index < -0.39 is 10.0 Å². The van der Waals surface area contributed by atoms with Gasteiger partial charge in [-0.2, -0.15) is 0 Å². The number of nitrogens with zero attached hydrogens (tertiary/aromatic N) is 1. The maximum atomic E-state index is 11.4. The Balaban J connectivity index is 3.97. The zero-order chi connectivity index (χ0) is 11.7. The Morgan fingerprint density at radius 3 is 1.67 bits per heavy atom. The molecule has 0 N–H and O–H groups in total. The Morgan fingerprint density at radius 2 is 1.40 bits per heavy atom. The number of hydrogen-bond donors (Lipinski definition) is 0. The molecule has 0 amide bonds. The Labute approximate surface area is 92.4 Å². The average molecular weight is 239 g/mol. The molecule has 15 heavy (non-hydrogen) atoms. The van der Waals surface area contributed by atoms with Crippen molar-refractivity contribution in [1.82, 2.24) is 4.31 Å². The number of rotatable bonds is 9. The number of hydrogen-bond acceptors (Lipinski definition) is 4. The second kappa shape index (κ2) is 8.04. The first-order valence-corrected chi connectivity index (χ1v) is 6.80. The van der Waals surface area contributed by atoms with Crippen LogP contribution in [0.3, 0.4) is 0 Å². The van der Waals surface area contributed by atoms with Crippen LogP contribution in [0.15, 0.2) is 0 Å². The first-order valence-electron chi connectivity index (χ1n) is 4.95. The van der Waals surface area contributed by atoms with Gasteiger partial charge >= 0.3 is 0 Å². The van der Waals surface area contributed by atoms with Crippen LogP contribution in [-0.4, -0.2) is 59.5 Å². The van der Waals surface area contributed by atoms with Crippen LogP contribution in [0, 0.1) is 0 Å². The maximum absolute atomic E-state index is 11.4. The molecule has 0 rings (SSSR count). The summed E-state index contributed by atoms with van der Waals surface area (Å²) in [7, 11) is 0.110. The van der Waals surface area contributed by atoms with Gasteiger partial charge in [-0.05, 0) is 12.8 Å². The quantitative estimate of drug-likeness (QED) is 0.544. The zero-order valence-corrected chi connectivity index (χ0v) is 10.5. The summed E-state index contributed by atoms with van der Waals surface area (Å²) in [5, 5.41) is 0. The molecule has 5 nitrogen and oxygen atoms in total. The summed E-state index contributed by atoms with van der Waals surface area (Å²) in [4.78, 5) is 0. The third-order valence-electron chi connectivity index (χ3n) is 1.98. The van der Waals surface area contributed by atoms with E-state index in [0.29, 0.717) is 26.3 Å². The molecular weight excluding hydrogens is 218 g/mol. The van der Waals surface area contributed by atoms with E-state index in [1.54, 1.807) is 14.2 Å². The van der Waals surface area contributed by atoms with Gasteiger partial charge in [0.25, 0.3) is 0 Å². The van der Waals surface area contributed by atoms with E-state index in [0.717, 1.165) is 12.8 Å². The van der Waals surface area contributed by atoms with Crippen molar-refractivity contribution in [3.8, 4) is 0 Å². The van der Waals surface area contributed by atoms with Gasteiger partial charge in [0.2, 0.25) is 10.0 Å². The molecule has 0 aromatic rings. The SMILES string of the molecule is COCCCN(CCCOC)S(C)(=O)=O. The molecule has 0 aromatic carbocycles. The standard InChI is InChI=1S/C9H21NO4S/c1-13-8-4-6-10(15(3,11)12)7-5-9-14-2/h4-9H2,1-3H3. The zero-order valence-electron chi connectivity index (χ0n) is 9.73. The minimum Gasteiger partial charge on any atom is -0.385 e. The summed E-state index contributed by atoms with van der Waals surface area (Å²) >= 11 is 0. The van der Waals surface area contributed by atoms with Gasteiger partial charge in [-0.25, -0.2) is 12.7 Å². The molecule has 0 saturated heterocycles. The lowest BCUT2D eigenvalue weighted by Crippen LogP contribution is -2.33. The Kier molecular flexibility index (Phi) is 7.95. The Bertz CT molecular complexity index is 230. The first-order chi connectivity index (χ1) is 7.02. The highest BCUT2D eigenvalue weighted by Gasteiger charge is 2.14. The normalized spacial score (nSPS) is 12.3. The third-order valence-corrected chi connectivity index (χ3v) is 3.28. The van der Waals surface area contributed by atoms with Gasteiger partial charge < -0.3 is 9.47 Å². The van der Waals surface area contributed by atoms with Gasteiger partial charge in [-0.3, -0.25) is 0 Å². The molecule has 0 unspecified atom stereocenters. The van der Waals surface area contributed by atoms with E-state index in [1.165, 1.54) is 10.6 Å². The monoisotopic (exact) mass is 239 g/mol. The van der Waals surface area contributed by atoms with Gasteiger partial charge in [-0.15, -0.1) is 0 Å². The van der Waals surface area contributed by atoms with Gasteiger partial charge in [0.1, 0.15) is 0 Å². The summed E-state index contributed by atoms with van der Waals surface area (Å²) in [6.45, 7) is 2.18. The maximum Gasteiger partial charge on any atom is 0.211 e. The summed E-state index contributed by atoms with van der Waals surface area (Å²) in [6.07, 6.45) is 2.67. The highest BCUT2D eigenvalue weighted by Crippen LogP contribution is 2.01. The van der Waals surface area contributed by atoms with Gasteiger partial charge in [0, 0.05) is 40.5 Å². The van der Waals surface area contributed by atoms with Crippen LogP contribution in [0.1, 0.15) is 12.8 Å². The van der Waals surface area contributed by atoms with E-state index in [-0.39, 0.29) is 0 Å². The molecule has 92 valence electrons. The molecule has 0 bridgehead atoms. The van der Waals surface area contributed by atoms with Crippen LogP contribution in [-0.2, 0) is 19.5 Å². The van der Waals surface area contributed by atoms with Gasteiger partial charge in [0.05, 0.1) is 6.26 Å². The van der Waals surface area contributed by atoms with Gasteiger partial charge in [-0.1, -0.05) is 0 Å². The van der Waals surface area contributed by atoms with Crippen molar-refractivity contribution in [3.63, 3.8) is 0 Å². The predicted octanol–water partition coefficient (Wildman–Crippen LogP) is 0.321. The van der Waals surface area contributed by atoms with E-state index in [1.807, 2.05) is 0 Å². The topological polar surface area (TPSA) is 55.8 Å². The molecule has 0 spiro atoms. The number of ether oxygens (including phenoxy) is 2. The minimum atomic E-state index is -3.10. The van der Waals surface area contributed by atoms with E-state index in [9.17, 15) is 8.42 Å². The minimum absolute atomic E-state index is 0.510. The van der Waals surface area contributed by atoms with E-state index in [2.05, 4.69) is 0 Å². The summed E-state index contributed by atoms with van der Waals surface area (Å²) in [5.41, 5.74) is 0. The van der Waals surface area contributed by atoms with Crippen molar-refractivity contribution in [2.75, 3.05) is 46.8 Å². The summed E-state index contributed by atoms with van der Waals surface area (Å²) < 4.78 is 34.0. The van der Waals surface area contributed by atoms with Crippen LogP contribution in [0.5, 0.6) is 0 Å². The largest absolute Gasteiger partial charge is 0.385 e. The fourth-order valence-electron chi connectivity index (χ4n) is 1.21. The fourth-order valence-corrected chi connectivity index (χ4v) is 2.14. The van der Waals surface area contributed by atoms with Crippen LogP contribution in [0.25, 0.3) is 0 Å². The molecule has 0 aromatic heterocycles. The first kappa shape index (κ1) is 14.8. The molecule has 0 aliphatic rings. The summed E-state index contributed by atoms with van der Waals surface area (Å²) in [6, 6.07) is 0. The smallest absolute Gasteiger partial charge is 0.211 e. The van der Waals surface area contributed by atoms with Crippen molar-refractivity contribution in [3.05, 3.63) is 0 Å². The fraction of sp³-hybridized carbons (Fsp3) is 1.00. The molecule has 0 saturated carbocycles. The van der Waals surface area contributed by atoms with Crippen LogP contribution in [0.4, 0.5) is 0 Å². The van der Waals surface area contributed by atoms with Crippen molar-refractivity contribution in [1.29, 1.82) is 0 Å². The van der Waals surface area contributed by atoms with Crippen molar-refractivity contribution in [2.45, 2.75) is 12.8 Å². The molecule has 0 aliphatic heterocycles. The van der Waals surface area contributed by atoms with E-state index >= 15 is 0 Å². The summed E-state index contributed by atoms with van der Waals surface area (Å²) in [5.74, 6) is 0. The van der Waals surface area contributed by atoms with Crippen LogP contribution < -0.4 is 0 Å². The molecule has 6 heteroatoms. The lowest BCUT2D eigenvalue weighted by Gasteiger charge is -2.19. The molecule has 0 aliphatic carbocycles. The number of sulfonamides is 1. The highest BCUT2D eigenvalue weighted by molar-refractivity contribution is 7.88. The van der Waals surface area contributed by atoms with Crippen LogP contribution in [0.2, 0.25) is 0 Å².